The zero-order chi connectivity index (χ0) is 19.4. The zero-order valence-electron chi connectivity index (χ0n) is 16.6. The molecule has 0 amide bonds. The summed E-state index contributed by atoms with van der Waals surface area (Å²) in [6, 6.07) is 20.9. The first-order valence-electron chi connectivity index (χ1n) is 10.5. The van der Waals surface area contributed by atoms with Crippen LogP contribution in [-0.4, -0.2) is 9.67 Å². The minimum atomic E-state index is -0.969. The van der Waals surface area contributed by atoms with E-state index < -0.39 is 5.60 Å². The van der Waals surface area contributed by atoms with Gasteiger partial charge in [0, 0.05) is 30.4 Å². The van der Waals surface area contributed by atoms with Crippen LogP contribution in [0.25, 0.3) is 17.3 Å². The normalized spacial score (nSPS) is 18.2. The summed E-state index contributed by atoms with van der Waals surface area (Å²) in [6.07, 6.45) is 11.9. The SMILES string of the molecule is CCCCCCn1cc([C@]2(O)CC=Cc3ccccc32)cc1-c1ccccc1. The average molecular weight is 372 g/mol. The van der Waals surface area contributed by atoms with E-state index in [1.807, 2.05) is 12.1 Å². The Morgan fingerprint density at radius 3 is 2.57 bits per heavy atom. The van der Waals surface area contributed by atoms with E-state index in [1.165, 1.54) is 30.5 Å². The number of hydrogen-bond donors (Lipinski definition) is 1. The van der Waals surface area contributed by atoms with Gasteiger partial charge in [-0.1, -0.05) is 92.9 Å². The molecule has 0 saturated heterocycles. The van der Waals surface area contributed by atoms with Crippen LogP contribution in [0.15, 0.2) is 72.9 Å². The lowest BCUT2D eigenvalue weighted by molar-refractivity contribution is 0.0827. The molecule has 144 valence electrons. The first kappa shape index (κ1) is 18.8. The molecule has 0 bridgehead atoms. The summed E-state index contributed by atoms with van der Waals surface area (Å²) in [5.74, 6) is 0. The van der Waals surface area contributed by atoms with Crippen molar-refractivity contribution >= 4 is 6.08 Å². The summed E-state index contributed by atoms with van der Waals surface area (Å²) in [5.41, 5.74) is 4.51. The molecule has 4 rings (SSSR count). The number of unbranched alkanes of at least 4 members (excludes halogenated alkanes) is 3. The Bertz CT molecular complexity index is 954. The average Bonchev–Trinajstić information content (AvgIpc) is 3.17. The second-order valence-corrected chi connectivity index (χ2v) is 7.79. The smallest absolute Gasteiger partial charge is 0.120 e. The summed E-state index contributed by atoms with van der Waals surface area (Å²) in [5, 5.41) is 11.7. The molecule has 28 heavy (non-hydrogen) atoms. The van der Waals surface area contributed by atoms with E-state index in [-0.39, 0.29) is 0 Å². The first-order chi connectivity index (χ1) is 13.7. The maximum absolute atomic E-state index is 11.7. The second-order valence-electron chi connectivity index (χ2n) is 7.79. The van der Waals surface area contributed by atoms with Crippen LogP contribution in [0, 0.1) is 0 Å². The Balaban J connectivity index is 1.74. The van der Waals surface area contributed by atoms with E-state index >= 15 is 0 Å². The highest BCUT2D eigenvalue weighted by Gasteiger charge is 2.35. The number of nitrogens with zero attached hydrogens (tertiary/aromatic N) is 1. The molecule has 2 aromatic carbocycles. The second kappa shape index (κ2) is 8.20. The van der Waals surface area contributed by atoms with Crippen molar-refractivity contribution < 1.29 is 5.11 Å². The Morgan fingerprint density at radius 2 is 1.75 bits per heavy atom. The number of rotatable bonds is 7. The van der Waals surface area contributed by atoms with Gasteiger partial charge in [-0.15, -0.1) is 0 Å². The van der Waals surface area contributed by atoms with Gasteiger partial charge in [-0.05, 0) is 29.2 Å². The predicted octanol–water partition coefficient (Wildman–Crippen LogP) is 6.39. The highest BCUT2D eigenvalue weighted by Crippen LogP contribution is 2.41. The Hall–Kier alpha value is -2.58. The topological polar surface area (TPSA) is 25.2 Å². The molecule has 0 fully saturated rings. The van der Waals surface area contributed by atoms with Crippen LogP contribution in [0.3, 0.4) is 0 Å². The summed E-state index contributed by atoms with van der Waals surface area (Å²) in [7, 11) is 0. The van der Waals surface area contributed by atoms with Gasteiger partial charge in [0.15, 0.2) is 0 Å². The third-order valence-corrected chi connectivity index (χ3v) is 5.81. The standard InChI is InChI=1S/C26H29NO/c1-2-3-4-10-18-27-20-23(19-25(27)22-13-6-5-7-14-22)26(28)17-11-15-21-12-8-9-16-24(21)26/h5-9,11-16,19-20,28H,2-4,10,17-18H2,1H3/t26-/m1/s1. The Labute approximate surface area is 168 Å². The van der Waals surface area contributed by atoms with E-state index in [2.05, 4.69) is 78.4 Å². The van der Waals surface area contributed by atoms with Gasteiger partial charge in [-0.3, -0.25) is 0 Å². The third-order valence-electron chi connectivity index (χ3n) is 5.81. The molecule has 2 heteroatoms. The Kier molecular flexibility index (Phi) is 5.50. The van der Waals surface area contributed by atoms with Crippen molar-refractivity contribution in [3.63, 3.8) is 0 Å². The molecule has 2 nitrogen and oxygen atoms in total. The molecule has 1 heterocycles. The molecule has 1 aliphatic carbocycles. The Morgan fingerprint density at radius 1 is 0.964 bits per heavy atom. The van der Waals surface area contributed by atoms with Crippen molar-refractivity contribution in [2.24, 2.45) is 0 Å². The van der Waals surface area contributed by atoms with E-state index in [0.717, 1.165) is 29.7 Å². The minimum Gasteiger partial charge on any atom is -0.380 e. The molecular formula is C26H29NO. The van der Waals surface area contributed by atoms with Gasteiger partial charge in [-0.25, -0.2) is 0 Å². The highest BCUT2D eigenvalue weighted by molar-refractivity contribution is 5.65. The number of aryl methyl sites for hydroxylation is 1. The van der Waals surface area contributed by atoms with Gasteiger partial charge >= 0.3 is 0 Å². The number of aliphatic hydroxyl groups is 1. The molecule has 0 unspecified atom stereocenters. The van der Waals surface area contributed by atoms with Gasteiger partial charge < -0.3 is 9.67 Å². The maximum atomic E-state index is 11.7. The molecular weight excluding hydrogens is 342 g/mol. The fourth-order valence-electron chi connectivity index (χ4n) is 4.24. The van der Waals surface area contributed by atoms with Crippen molar-refractivity contribution in [3.8, 4) is 11.3 Å². The third kappa shape index (κ3) is 3.57. The molecule has 1 N–H and O–H groups in total. The summed E-state index contributed by atoms with van der Waals surface area (Å²) >= 11 is 0. The van der Waals surface area contributed by atoms with Crippen molar-refractivity contribution in [3.05, 3.63) is 89.6 Å². The van der Waals surface area contributed by atoms with Crippen LogP contribution in [0.2, 0.25) is 0 Å². The van der Waals surface area contributed by atoms with Crippen molar-refractivity contribution in [2.45, 2.75) is 51.2 Å². The van der Waals surface area contributed by atoms with Crippen molar-refractivity contribution in [1.82, 2.24) is 4.57 Å². The van der Waals surface area contributed by atoms with Crippen molar-refractivity contribution in [1.29, 1.82) is 0 Å². The van der Waals surface area contributed by atoms with E-state index in [0.29, 0.717) is 6.42 Å². The molecule has 0 radical (unpaired) electrons. The van der Waals surface area contributed by atoms with E-state index in [4.69, 9.17) is 0 Å². The lowest BCUT2D eigenvalue weighted by Crippen LogP contribution is -2.28. The fourth-order valence-corrected chi connectivity index (χ4v) is 4.24. The number of aromatic nitrogens is 1. The van der Waals surface area contributed by atoms with Gasteiger partial charge in [0.1, 0.15) is 5.60 Å². The quantitative estimate of drug-likeness (QED) is 0.478. The van der Waals surface area contributed by atoms with Crippen LogP contribution in [-0.2, 0) is 12.1 Å². The van der Waals surface area contributed by atoms with E-state index in [9.17, 15) is 5.11 Å². The van der Waals surface area contributed by atoms with Crippen LogP contribution < -0.4 is 0 Å². The minimum absolute atomic E-state index is 0.609. The van der Waals surface area contributed by atoms with Crippen molar-refractivity contribution in [2.75, 3.05) is 0 Å². The summed E-state index contributed by atoms with van der Waals surface area (Å²) in [6.45, 7) is 3.23. The van der Waals surface area contributed by atoms with Gasteiger partial charge in [0.2, 0.25) is 0 Å². The maximum Gasteiger partial charge on any atom is 0.120 e. The molecule has 3 aromatic rings. The number of hydrogen-bond acceptors (Lipinski definition) is 1. The lowest BCUT2D eigenvalue weighted by atomic mass is 9.79. The molecule has 1 aliphatic rings. The molecule has 0 spiro atoms. The molecule has 0 aliphatic heterocycles. The monoisotopic (exact) mass is 371 g/mol. The van der Waals surface area contributed by atoms with E-state index in [1.54, 1.807) is 0 Å². The molecule has 1 aromatic heterocycles. The van der Waals surface area contributed by atoms with Gasteiger partial charge in [0.05, 0.1) is 0 Å². The zero-order valence-corrected chi connectivity index (χ0v) is 16.6. The molecule has 0 saturated carbocycles. The summed E-state index contributed by atoms with van der Waals surface area (Å²) in [4.78, 5) is 0. The van der Waals surface area contributed by atoms with Crippen LogP contribution in [0.1, 0.15) is 55.7 Å². The largest absolute Gasteiger partial charge is 0.380 e. The predicted molar refractivity (Wildman–Crippen MR) is 117 cm³/mol. The van der Waals surface area contributed by atoms with Gasteiger partial charge in [0.25, 0.3) is 0 Å². The highest BCUT2D eigenvalue weighted by atomic mass is 16.3. The first-order valence-corrected chi connectivity index (χ1v) is 10.5. The van der Waals surface area contributed by atoms with Crippen LogP contribution >= 0.6 is 0 Å². The number of benzene rings is 2. The van der Waals surface area contributed by atoms with Crippen LogP contribution in [0.5, 0.6) is 0 Å². The number of fused-ring (bicyclic) bond motifs is 1. The molecule has 1 atom stereocenters. The fraction of sp³-hybridized carbons (Fsp3) is 0.308. The van der Waals surface area contributed by atoms with Gasteiger partial charge in [-0.2, -0.15) is 0 Å². The summed E-state index contributed by atoms with van der Waals surface area (Å²) < 4.78 is 2.33. The lowest BCUT2D eigenvalue weighted by Gasteiger charge is -2.31. The van der Waals surface area contributed by atoms with Crippen LogP contribution in [0.4, 0.5) is 0 Å².